The number of pyridine rings is 3. The number of nitrogen functional groups attached to an aromatic ring is 1. The van der Waals surface area contributed by atoms with E-state index in [1.165, 1.54) is 6.26 Å². The summed E-state index contributed by atoms with van der Waals surface area (Å²) in [5, 5.41) is 3.17. The van der Waals surface area contributed by atoms with Gasteiger partial charge >= 0.3 is 0 Å². The lowest BCUT2D eigenvalue weighted by Crippen LogP contribution is -2.27. The van der Waals surface area contributed by atoms with Gasteiger partial charge in [0.15, 0.2) is 11.5 Å². The standard InChI is InChI=1S/C30H24N8O2/c1-17-4-5-19(16-34-17)29(39)37-23-9-6-18-15-20(7-8-21(18)23)38-27(22-3-2-12-32-26(22)31)35-24-10-11-25(36-28(24)38)30-33-13-14-40-30/h2-5,7-8,10-16,23H,6,9H2,1H3,(H2,31,32)(H,37,39)/t23-/m0/s1. The lowest BCUT2D eigenvalue weighted by Gasteiger charge is -2.16. The number of aryl methyl sites for hydroxylation is 2. The van der Waals surface area contributed by atoms with E-state index in [-0.39, 0.29) is 11.9 Å². The Bertz CT molecular complexity index is 1880. The largest absolute Gasteiger partial charge is 0.443 e. The molecule has 1 amide bonds. The lowest BCUT2D eigenvalue weighted by molar-refractivity contribution is 0.0936. The summed E-state index contributed by atoms with van der Waals surface area (Å²) in [6, 6.07) is 17.2. The third kappa shape index (κ3) is 4.06. The summed E-state index contributed by atoms with van der Waals surface area (Å²) >= 11 is 0. The first-order chi connectivity index (χ1) is 19.5. The Hall–Kier alpha value is -5.38. The van der Waals surface area contributed by atoms with Crippen LogP contribution in [0.4, 0.5) is 5.82 Å². The summed E-state index contributed by atoms with van der Waals surface area (Å²) in [4.78, 5) is 35.4. The van der Waals surface area contributed by atoms with E-state index in [1.807, 2.05) is 47.9 Å². The van der Waals surface area contributed by atoms with E-state index in [0.29, 0.717) is 45.5 Å². The molecule has 3 N–H and O–H groups in total. The summed E-state index contributed by atoms with van der Waals surface area (Å²) < 4.78 is 7.48. The molecular formula is C30H24N8O2. The molecule has 196 valence electrons. The fourth-order valence-corrected chi connectivity index (χ4v) is 5.19. The second-order valence-electron chi connectivity index (χ2n) is 9.72. The van der Waals surface area contributed by atoms with Gasteiger partial charge in [0.1, 0.15) is 23.3 Å². The fraction of sp³-hybridized carbons (Fsp3) is 0.133. The molecule has 1 atom stereocenters. The smallest absolute Gasteiger partial charge is 0.253 e. The molecule has 0 bridgehead atoms. The molecule has 10 heteroatoms. The van der Waals surface area contributed by atoms with E-state index in [9.17, 15) is 4.79 Å². The van der Waals surface area contributed by atoms with Gasteiger partial charge in [0.05, 0.1) is 23.4 Å². The van der Waals surface area contributed by atoms with Gasteiger partial charge in [-0.1, -0.05) is 6.07 Å². The van der Waals surface area contributed by atoms with Crippen molar-refractivity contribution >= 4 is 22.9 Å². The highest BCUT2D eigenvalue weighted by atomic mass is 16.3. The van der Waals surface area contributed by atoms with Crippen molar-refractivity contribution in [3.05, 3.63) is 102 Å². The predicted molar refractivity (Wildman–Crippen MR) is 150 cm³/mol. The van der Waals surface area contributed by atoms with Gasteiger partial charge in [-0.2, -0.15) is 0 Å². The highest BCUT2D eigenvalue weighted by Gasteiger charge is 2.26. The van der Waals surface area contributed by atoms with Gasteiger partial charge in [0.2, 0.25) is 5.89 Å². The first-order valence-electron chi connectivity index (χ1n) is 12.9. The van der Waals surface area contributed by atoms with Crippen molar-refractivity contribution in [2.24, 2.45) is 0 Å². The minimum atomic E-state index is -0.132. The van der Waals surface area contributed by atoms with Gasteiger partial charge in [0.25, 0.3) is 5.91 Å². The Morgan fingerprint density at radius 1 is 1.05 bits per heavy atom. The van der Waals surface area contributed by atoms with Gasteiger partial charge < -0.3 is 15.5 Å². The van der Waals surface area contributed by atoms with Crippen molar-refractivity contribution < 1.29 is 9.21 Å². The van der Waals surface area contributed by atoms with Gasteiger partial charge in [0, 0.05) is 23.8 Å². The van der Waals surface area contributed by atoms with Crippen LogP contribution in [0.5, 0.6) is 0 Å². The number of carbonyl (C=O) groups excluding carboxylic acids is 1. The van der Waals surface area contributed by atoms with Crippen molar-refractivity contribution in [3.63, 3.8) is 0 Å². The van der Waals surface area contributed by atoms with Gasteiger partial charge in [-0.3, -0.25) is 14.3 Å². The minimum Gasteiger partial charge on any atom is -0.443 e. The van der Waals surface area contributed by atoms with E-state index < -0.39 is 0 Å². The zero-order valence-electron chi connectivity index (χ0n) is 21.6. The SMILES string of the molecule is Cc1ccc(C(=O)N[C@H]2CCc3cc(-n4c(-c5cccnc5N)nc5ccc(-c6ncco6)nc54)ccc32)cn1. The quantitative estimate of drug-likeness (QED) is 0.324. The Morgan fingerprint density at radius 3 is 2.77 bits per heavy atom. The third-order valence-electron chi connectivity index (χ3n) is 7.18. The number of hydrogen-bond acceptors (Lipinski definition) is 8. The number of amides is 1. The van der Waals surface area contributed by atoms with Crippen LogP contribution in [-0.4, -0.2) is 35.4 Å². The zero-order chi connectivity index (χ0) is 27.2. The van der Waals surface area contributed by atoms with Crippen LogP contribution in [-0.2, 0) is 6.42 Å². The van der Waals surface area contributed by atoms with Crippen molar-refractivity contribution in [2.75, 3.05) is 5.73 Å². The number of rotatable bonds is 5. The second kappa shape index (κ2) is 9.42. The zero-order valence-corrected chi connectivity index (χ0v) is 21.6. The first kappa shape index (κ1) is 23.7. The number of aromatic nitrogens is 6. The van der Waals surface area contributed by atoms with Crippen molar-refractivity contribution in [1.29, 1.82) is 0 Å². The van der Waals surface area contributed by atoms with E-state index in [1.54, 1.807) is 24.7 Å². The Kier molecular flexibility index (Phi) is 5.59. The number of carbonyl (C=O) groups is 1. The van der Waals surface area contributed by atoms with E-state index >= 15 is 0 Å². The number of imidazole rings is 1. The molecule has 1 aromatic carbocycles. The topological polar surface area (TPSA) is 138 Å². The van der Waals surface area contributed by atoms with E-state index in [0.717, 1.165) is 35.3 Å². The highest BCUT2D eigenvalue weighted by Crippen LogP contribution is 2.36. The number of benzene rings is 1. The molecule has 5 heterocycles. The minimum absolute atomic E-state index is 0.0828. The van der Waals surface area contributed by atoms with Crippen LogP contribution in [0.3, 0.4) is 0 Å². The molecule has 7 rings (SSSR count). The summed E-state index contributed by atoms with van der Waals surface area (Å²) in [6.45, 7) is 1.90. The molecule has 6 aromatic rings. The number of oxazole rings is 1. The maximum atomic E-state index is 12.9. The highest BCUT2D eigenvalue weighted by molar-refractivity contribution is 5.94. The number of nitrogens with two attached hydrogens (primary N) is 1. The van der Waals surface area contributed by atoms with Crippen LogP contribution in [0.1, 0.15) is 39.6 Å². The number of fused-ring (bicyclic) bond motifs is 2. The van der Waals surface area contributed by atoms with Crippen LogP contribution in [0, 0.1) is 6.92 Å². The fourth-order valence-electron chi connectivity index (χ4n) is 5.19. The molecule has 0 saturated carbocycles. The van der Waals surface area contributed by atoms with Gasteiger partial charge in [-0.25, -0.2) is 19.9 Å². The average Bonchev–Trinajstić information content (AvgIpc) is 3.72. The summed E-state index contributed by atoms with van der Waals surface area (Å²) in [5.74, 6) is 1.30. The van der Waals surface area contributed by atoms with Crippen LogP contribution >= 0.6 is 0 Å². The van der Waals surface area contributed by atoms with E-state index in [4.69, 9.17) is 20.1 Å². The number of anilines is 1. The molecule has 0 saturated heterocycles. The predicted octanol–water partition coefficient (Wildman–Crippen LogP) is 4.84. The number of hydrogen-bond donors (Lipinski definition) is 2. The Balaban J connectivity index is 1.31. The van der Waals surface area contributed by atoms with Gasteiger partial charge in [-0.15, -0.1) is 0 Å². The molecule has 0 spiro atoms. The summed E-state index contributed by atoms with van der Waals surface area (Å²) in [5.41, 5.74) is 13.5. The first-order valence-corrected chi connectivity index (χ1v) is 12.9. The molecule has 1 aliphatic carbocycles. The molecule has 1 aliphatic rings. The summed E-state index contributed by atoms with van der Waals surface area (Å²) in [6.07, 6.45) is 8.01. The van der Waals surface area contributed by atoms with Crippen molar-refractivity contribution in [3.8, 4) is 28.7 Å². The van der Waals surface area contributed by atoms with Gasteiger partial charge in [-0.05, 0) is 79.4 Å². The van der Waals surface area contributed by atoms with Crippen molar-refractivity contribution in [2.45, 2.75) is 25.8 Å². The maximum Gasteiger partial charge on any atom is 0.253 e. The van der Waals surface area contributed by atoms with Crippen LogP contribution in [0.25, 0.3) is 39.8 Å². The van der Waals surface area contributed by atoms with E-state index in [2.05, 4.69) is 32.4 Å². The normalized spacial score (nSPS) is 14.4. The summed E-state index contributed by atoms with van der Waals surface area (Å²) in [7, 11) is 0. The number of nitrogens with zero attached hydrogens (tertiary/aromatic N) is 6. The monoisotopic (exact) mass is 528 g/mol. The van der Waals surface area contributed by atoms with Crippen LogP contribution in [0.15, 0.2) is 83.9 Å². The molecule has 0 fully saturated rings. The maximum absolute atomic E-state index is 12.9. The number of nitrogens with one attached hydrogen (secondary N) is 1. The Morgan fingerprint density at radius 2 is 1.98 bits per heavy atom. The average molecular weight is 529 g/mol. The Labute approximate surface area is 229 Å². The van der Waals surface area contributed by atoms with Crippen LogP contribution in [0.2, 0.25) is 0 Å². The molecule has 0 aliphatic heterocycles. The molecule has 10 nitrogen and oxygen atoms in total. The third-order valence-corrected chi connectivity index (χ3v) is 7.18. The second-order valence-corrected chi connectivity index (χ2v) is 9.72. The van der Waals surface area contributed by atoms with Crippen molar-refractivity contribution in [1.82, 2.24) is 34.8 Å². The lowest BCUT2D eigenvalue weighted by atomic mass is 10.1. The molecule has 0 radical (unpaired) electrons. The molecule has 5 aromatic heterocycles. The molecule has 40 heavy (non-hydrogen) atoms. The molecular weight excluding hydrogens is 504 g/mol. The van der Waals surface area contributed by atoms with Crippen LogP contribution < -0.4 is 11.1 Å². The molecule has 0 unspecified atom stereocenters.